The SMILES string of the molecule is COC(=O)c1ccc(N)c(OCCOc2ccc(OC)cc2)c1. The maximum Gasteiger partial charge on any atom is 0.337 e. The first-order valence-electron chi connectivity index (χ1n) is 7.01. The highest BCUT2D eigenvalue weighted by Crippen LogP contribution is 2.23. The molecule has 2 aromatic carbocycles. The normalized spacial score (nSPS) is 10.0. The van der Waals surface area contributed by atoms with Crippen LogP contribution < -0.4 is 19.9 Å². The van der Waals surface area contributed by atoms with E-state index in [-0.39, 0.29) is 0 Å². The zero-order valence-corrected chi connectivity index (χ0v) is 13.1. The number of nitrogens with two attached hydrogens (primary N) is 1. The van der Waals surface area contributed by atoms with E-state index >= 15 is 0 Å². The van der Waals surface area contributed by atoms with Crippen molar-refractivity contribution in [1.29, 1.82) is 0 Å². The molecule has 0 aromatic heterocycles. The number of nitrogen functional groups attached to an aromatic ring is 1. The molecule has 0 saturated carbocycles. The Labute approximate surface area is 134 Å². The van der Waals surface area contributed by atoms with Crippen molar-refractivity contribution in [2.45, 2.75) is 0 Å². The summed E-state index contributed by atoms with van der Waals surface area (Å²) in [4.78, 5) is 11.5. The number of benzene rings is 2. The van der Waals surface area contributed by atoms with Gasteiger partial charge in [0.15, 0.2) is 0 Å². The van der Waals surface area contributed by atoms with E-state index in [2.05, 4.69) is 4.74 Å². The average Bonchev–Trinajstić information content (AvgIpc) is 2.60. The summed E-state index contributed by atoms with van der Waals surface area (Å²) >= 11 is 0. The summed E-state index contributed by atoms with van der Waals surface area (Å²) in [5, 5.41) is 0. The molecule has 0 radical (unpaired) electrons. The summed E-state index contributed by atoms with van der Waals surface area (Å²) in [5.74, 6) is 1.46. The Morgan fingerprint density at radius 1 is 0.957 bits per heavy atom. The van der Waals surface area contributed by atoms with Crippen LogP contribution in [0.5, 0.6) is 17.2 Å². The molecule has 0 aliphatic rings. The van der Waals surface area contributed by atoms with E-state index in [9.17, 15) is 4.79 Å². The van der Waals surface area contributed by atoms with Crippen molar-refractivity contribution < 1.29 is 23.7 Å². The first kappa shape index (κ1) is 16.5. The van der Waals surface area contributed by atoms with E-state index in [1.807, 2.05) is 24.3 Å². The van der Waals surface area contributed by atoms with E-state index in [0.717, 1.165) is 5.75 Å². The number of esters is 1. The molecule has 0 spiro atoms. The molecule has 0 amide bonds. The van der Waals surface area contributed by atoms with E-state index in [1.54, 1.807) is 25.3 Å². The molecule has 0 bridgehead atoms. The van der Waals surface area contributed by atoms with E-state index in [1.165, 1.54) is 7.11 Å². The molecule has 6 nitrogen and oxygen atoms in total. The molecule has 0 saturated heterocycles. The van der Waals surface area contributed by atoms with Crippen LogP contribution in [0.3, 0.4) is 0 Å². The molecule has 0 aliphatic heterocycles. The summed E-state index contributed by atoms with van der Waals surface area (Å²) in [7, 11) is 2.93. The Morgan fingerprint density at radius 2 is 1.61 bits per heavy atom. The van der Waals surface area contributed by atoms with E-state index in [4.69, 9.17) is 19.9 Å². The van der Waals surface area contributed by atoms with Gasteiger partial charge >= 0.3 is 5.97 Å². The molecule has 0 atom stereocenters. The smallest absolute Gasteiger partial charge is 0.337 e. The summed E-state index contributed by atoms with van der Waals surface area (Å²) in [6.07, 6.45) is 0. The predicted molar refractivity (Wildman–Crippen MR) is 86.2 cm³/mol. The second-order valence-corrected chi connectivity index (χ2v) is 4.62. The van der Waals surface area contributed by atoms with Crippen molar-refractivity contribution >= 4 is 11.7 Å². The van der Waals surface area contributed by atoms with Gasteiger partial charge in [0.2, 0.25) is 0 Å². The second kappa shape index (κ2) is 7.93. The van der Waals surface area contributed by atoms with Gasteiger partial charge in [0.1, 0.15) is 30.5 Å². The third-order valence-electron chi connectivity index (χ3n) is 3.10. The molecule has 122 valence electrons. The number of anilines is 1. The number of hydrogen-bond acceptors (Lipinski definition) is 6. The van der Waals surface area contributed by atoms with Gasteiger partial charge in [-0.3, -0.25) is 0 Å². The maximum atomic E-state index is 11.5. The minimum Gasteiger partial charge on any atom is -0.497 e. The second-order valence-electron chi connectivity index (χ2n) is 4.62. The molecule has 0 unspecified atom stereocenters. The molecule has 2 rings (SSSR count). The van der Waals surface area contributed by atoms with Gasteiger partial charge in [0.25, 0.3) is 0 Å². The minimum atomic E-state index is -0.440. The molecule has 0 aliphatic carbocycles. The Bertz CT molecular complexity index is 655. The van der Waals surface area contributed by atoms with Crippen molar-refractivity contribution in [2.75, 3.05) is 33.2 Å². The molecular formula is C17H19NO5. The maximum absolute atomic E-state index is 11.5. The fourth-order valence-corrected chi connectivity index (χ4v) is 1.89. The van der Waals surface area contributed by atoms with Crippen LogP contribution in [-0.2, 0) is 4.74 Å². The van der Waals surface area contributed by atoms with Crippen molar-refractivity contribution in [1.82, 2.24) is 0 Å². The van der Waals surface area contributed by atoms with Crippen LogP contribution in [0.1, 0.15) is 10.4 Å². The quantitative estimate of drug-likeness (QED) is 0.480. The number of hydrogen-bond donors (Lipinski definition) is 1. The van der Waals surface area contributed by atoms with Crippen molar-refractivity contribution in [3.05, 3.63) is 48.0 Å². The Balaban J connectivity index is 1.86. The molecule has 2 N–H and O–H groups in total. The van der Waals surface area contributed by atoms with Crippen LogP contribution in [0.4, 0.5) is 5.69 Å². The lowest BCUT2D eigenvalue weighted by Crippen LogP contribution is -2.11. The Kier molecular flexibility index (Phi) is 5.68. The van der Waals surface area contributed by atoms with Crippen LogP contribution in [0.15, 0.2) is 42.5 Å². The summed E-state index contributed by atoms with van der Waals surface area (Å²) in [6, 6.07) is 12.0. The number of methoxy groups -OCH3 is 2. The predicted octanol–water partition coefficient (Wildman–Crippen LogP) is 2.52. The van der Waals surface area contributed by atoms with Gasteiger partial charge in [-0.05, 0) is 42.5 Å². The number of carbonyl (C=O) groups excluding carboxylic acids is 1. The highest BCUT2D eigenvalue weighted by atomic mass is 16.5. The van der Waals surface area contributed by atoms with Crippen LogP contribution in [0.2, 0.25) is 0 Å². The number of rotatable bonds is 7. The van der Waals surface area contributed by atoms with Gasteiger partial charge in [0, 0.05) is 0 Å². The molecule has 2 aromatic rings. The molecule has 0 fully saturated rings. The van der Waals surface area contributed by atoms with Crippen LogP contribution in [-0.4, -0.2) is 33.4 Å². The summed E-state index contributed by atoms with van der Waals surface area (Å²) in [5.41, 5.74) is 6.65. The lowest BCUT2D eigenvalue weighted by atomic mass is 10.2. The van der Waals surface area contributed by atoms with Crippen molar-refractivity contribution in [2.24, 2.45) is 0 Å². The molecule has 6 heteroatoms. The van der Waals surface area contributed by atoms with E-state index < -0.39 is 5.97 Å². The molecule has 23 heavy (non-hydrogen) atoms. The third-order valence-corrected chi connectivity index (χ3v) is 3.10. The van der Waals surface area contributed by atoms with Crippen LogP contribution in [0, 0.1) is 0 Å². The van der Waals surface area contributed by atoms with Crippen LogP contribution >= 0.6 is 0 Å². The minimum absolute atomic E-state index is 0.293. The lowest BCUT2D eigenvalue weighted by molar-refractivity contribution is 0.0600. The van der Waals surface area contributed by atoms with Gasteiger partial charge in [-0.1, -0.05) is 0 Å². The largest absolute Gasteiger partial charge is 0.497 e. The van der Waals surface area contributed by atoms with Gasteiger partial charge in [-0.2, -0.15) is 0 Å². The van der Waals surface area contributed by atoms with Crippen molar-refractivity contribution in [3.63, 3.8) is 0 Å². The van der Waals surface area contributed by atoms with Crippen molar-refractivity contribution in [3.8, 4) is 17.2 Å². The van der Waals surface area contributed by atoms with Gasteiger partial charge in [-0.15, -0.1) is 0 Å². The standard InChI is InChI=1S/C17H19NO5/c1-20-13-4-6-14(7-5-13)22-9-10-23-16-11-12(17(19)21-2)3-8-15(16)18/h3-8,11H,9-10,18H2,1-2H3. The Hall–Kier alpha value is -2.89. The topological polar surface area (TPSA) is 80.0 Å². The lowest BCUT2D eigenvalue weighted by Gasteiger charge is -2.11. The highest BCUT2D eigenvalue weighted by molar-refractivity contribution is 5.90. The van der Waals surface area contributed by atoms with Crippen LogP contribution in [0.25, 0.3) is 0 Å². The summed E-state index contributed by atoms with van der Waals surface area (Å²) < 4.78 is 20.8. The number of carbonyl (C=O) groups is 1. The monoisotopic (exact) mass is 317 g/mol. The molecular weight excluding hydrogens is 298 g/mol. The van der Waals surface area contributed by atoms with Gasteiger partial charge in [0.05, 0.1) is 25.5 Å². The third kappa shape index (κ3) is 4.54. The van der Waals surface area contributed by atoms with E-state index in [0.29, 0.717) is 36.0 Å². The fourth-order valence-electron chi connectivity index (χ4n) is 1.89. The first-order valence-corrected chi connectivity index (χ1v) is 7.01. The molecule has 0 heterocycles. The van der Waals surface area contributed by atoms with Gasteiger partial charge in [-0.25, -0.2) is 4.79 Å². The highest BCUT2D eigenvalue weighted by Gasteiger charge is 2.09. The fraction of sp³-hybridized carbons (Fsp3) is 0.235. The zero-order chi connectivity index (χ0) is 16.7. The number of ether oxygens (including phenoxy) is 4. The Morgan fingerprint density at radius 3 is 2.26 bits per heavy atom. The average molecular weight is 317 g/mol. The summed E-state index contributed by atoms with van der Waals surface area (Å²) in [6.45, 7) is 0.634. The first-order chi connectivity index (χ1) is 11.1. The zero-order valence-electron chi connectivity index (χ0n) is 13.1. The van der Waals surface area contributed by atoms with Gasteiger partial charge < -0.3 is 24.7 Å².